The summed E-state index contributed by atoms with van der Waals surface area (Å²) in [7, 11) is 2.22. The van der Waals surface area contributed by atoms with Crippen molar-refractivity contribution in [1.29, 1.82) is 0 Å². The number of aryl methyl sites for hydroxylation is 1. The number of thiophene rings is 1. The number of nitrogens with zero attached hydrogens (tertiary/aromatic N) is 5. The Hall–Kier alpha value is -2.83. The Morgan fingerprint density at radius 2 is 1.81 bits per heavy atom. The van der Waals surface area contributed by atoms with Crippen LogP contribution in [0.1, 0.15) is 53.4 Å². The second-order valence-electron chi connectivity index (χ2n) is 11.6. The van der Waals surface area contributed by atoms with Crippen molar-refractivity contribution < 1.29 is 18.0 Å². The van der Waals surface area contributed by atoms with Crippen LogP contribution in [0, 0.1) is 0 Å². The molecule has 2 aromatic heterocycles. The molecular weight excluding hydrogens is 581 g/mol. The highest BCUT2D eigenvalue weighted by Gasteiger charge is 2.40. The van der Waals surface area contributed by atoms with Crippen molar-refractivity contribution in [1.82, 2.24) is 19.8 Å². The Labute approximate surface area is 251 Å². The van der Waals surface area contributed by atoms with Crippen LogP contribution in [-0.4, -0.2) is 76.2 Å². The van der Waals surface area contributed by atoms with Crippen molar-refractivity contribution in [2.24, 2.45) is 0 Å². The standard InChI is InChI=1S/C30H33F3N6OS2/c1-3-17-12-19(38-15-20-6-7-21(16-38)37(20)2)8-9-23(17)35-29-34-14-22(30(31,32)33)26(36-29)24-13-25-27(42-24)28(40)39(10-11-41-25)18-4-5-18/h8-9,12-14,18,20-21H,3-7,10-11,15-16H2,1-2H3,(H,34,35,36)/t20-,21+. The van der Waals surface area contributed by atoms with Crippen molar-refractivity contribution in [3.8, 4) is 10.6 Å². The highest BCUT2D eigenvalue weighted by Crippen LogP contribution is 2.44. The third kappa shape index (κ3) is 5.15. The van der Waals surface area contributed by atoms with Gasteiger partial charge in [0.25, 0.3) is 5.91 Å². The average Bonchev–Trinajstić information content (AvgIpc) is 3.71. The lowest BCUT2D eigenvalue weighted by Gasteiger charge is -2.40. The van der Waals surface area contributed by atoms with Crippen LogP contribution in [0.2, 0.25) is 0 Å². The molecule has 12 heteroatoms. The van der Waals surface area contributed by atoms with Gasteiger partial charge in [-0.1, -0.05) is 6.92 Å². The maximum Gasteiger partial charge on any atom is 0.420 e. The Morgan fingerprint density at radius 3 is 2.50 bits per heavy atom. The molecule has 3 aromatic rings. The molecule has 1 amide bonds. The number of nitrogens with one attached hydrogen (secondary N) is 1. The Bertz CT molecular complexity index is 1510. The van der Waals surface area contributed by atoms with E-state index in [0.717, 1.165) is 71.8 Å². The van der Waals surface area contributed by atoms with Gasteiger partial charge in [-0.25, -0.2) is 9.97 Å². The number of thioether (sulfide) groups is 1. The zero-order valence-electron chi connectivity index (χ0n) is 23.6. The fourth-order valence-corrected chi connectivity index (χ4v) is 8.76. The minimum Gasteiger partial charge on any atom is -0.368 e. The Morgan fingerprint density at radius 1 is 1.07 bits per heavy atom. The zero-order chi connectivity index (χ0) is 29.2. The van der Waals surface area contributed by atoms with Crippen LogP contribution in [-0.2, 0) is 12.6 Å². The number of likely N-dealkylation sites (N-methyl/N-ethyl adjacent to an activating group) is 1. The van der Waals surface area contributed by atoms with Gasteiger partial charge in [-0.15, -0.1) is 23.1 Å². The van der Waals surface area contributed by atoms with Crippen LogP contribution in [0.4, 0.5) is 30.5 Å². The average molecular weight is 615 g/mol. The van der Waals surface area contributed by atoms with Gasteiger partial charge in [0.2, 0.25) is 5.95 Å². The molecule has 1 aliphatic carbocycles. The molecule has 1 aromatic carbocycles. The minimum absolute atomic E-state index is 0.0873. The molecule has 0 spiro atoms. The summed E-state index contributed by atoms with van der Waals surface area (Å²) in [6, 6.07) is 9.30. The highest BCUT2D eigenvalue weighted by molar-refractivity contribution is 7.99. The van der Waals surface area contributed by atoms with E-state index >= 15 is 0 Å². The van der Waals surface area contributed by atoms with Crippen molar-refractivity contribution in [3.05, 3.63) is 46.5 Å². The van der Waals surface area contributed by atoms with Gasteiger partial charge < -0.3 is 15.1 Å². The quantitative estimate of drug-likeness (QED) is 0.339. The second-order valence-corrected chi connectivity index (χ2v) is 13.8. The largest absolute Gasteiger partial charge is 0.420 e. The van der Waals surface area contributed by atoms with E-state index < -0.39 is 11.7 Å². The van der Waals surface area contributed by atoms with Crippen molar-refractivity contribution in [2.75, 3.05) is 42.7 Å². The summed E-state index contributed by atoms with van der Waals surface area (Å²) in [5.74, 6) is 0.732. The van der Waals surface area contributed by atoms with Crippen LogP contribution < -0.4 is 10.2 Å². The molecule has 0 radical (unpaired) electrons. The molecule has 2 saturated heterocycles. The van der Waals surface area contributed by atoms with Gasteiger partial charge in [0.05, 0.1) is 10.6 Å². The third-order valence-electron chi connectivity index (χ3n) is 8.99. The Kier molecular flexibility index (Phi) is 7.13. The van der Waals surface area contributed by atoms with Crippen LogP contribution in [0.25, 0.3) is 10.6 Å². The summed E-state index contributed by atoms with van der Waals surface area (Å²) in [6.45, 7) is 4.72. The van der Waals surface area contributed by atoms with E-state index in [1.807, 2.05) is 11.0 Å². The summed E-state index contributed by atoms with van der Waals surface area (Å²) in [6.07, 6.45) is 1.39. The molecule has 42 heavy (non-hydrogen) atoms. The van der Waals surface area contributed by atoms with Gasteiger partial charge in [-0.3, -0.25) is 9.69 Å². The number of hydrogen-bond acceptors (Lipinski definition) is 8. The number of fused-ring (bicyclic) bond motifs is 3. The van der Waals surface area contributed by atoms with Crippen LogP contribution in [0.15, 0.2) is 35.4 Å². The smallest absolute Gasteiger partial charge is 0.368 e. The van der Waals surface area contributed by atoms with E-state index in [9.17, 15) is 18.0 Å². The van der Waals surface area contributed by atoms with Crippen LogP contribution in [0.3, 0.4) is 0 Å². The number of piperazine rings is 1. The van der Waals surface area contributed by atoms with E-state index in [1.165, 1.54) is 30.3 Å². The summed E-state index contributed by atoms with van der Waals surface area (Å²) >= 11 is 2.62. The van der Waals surface area contributed by atoms with Crippen LogP contribution in [0.5, 0.6) is 0 Å². The van der Waals surface area contributed by atoms with Gasteiger partial charge in [0, 0.05) is 66.0 Å². The molecule has 2 atom stereocenters. The monoisotopic (exact) mass is 614 g/mol. The van der Waals surface area contributed by atoms with E-state index in [0.29, 0.717) is 28.4 Å². The van der Waals surface area contributed by atoms with Gasteiger partial charge >= 0.3 is 6.18 Å². The molecule has 5 heterocycles. The topological polar surface area (TPSA) is 64.6 Å². The van der Waals surface area contributed by atoms with E-state index in [-0.39, 0.29) is 23.6 Å². The maximum absolute atomic E-state index is 14.1. The predicted octanol–water partition coefficient (Wildman–Crippen LogP) is 6.52. The molecule has 4 aliphatic rings. The molecule has 3 aliphatic heterocycles. The minimum atomic E-state index is -4.63. The van der Waals surface area contributed by atoms with E-state index in [2.05, 4.69) is 51.2 Å². The molecule has 222 valence electrons. The molecule has 7 rings (SSSR count). The molecule has 3 fully saturated rings. The number of anilines is 3. The lowest BCUT2D eigenvalue weighted by molar-refractivity contribution is -0.137. The first-order chi connectivity index (χ1) is 20.2. The summed E-state index contributed by atoms with van der Waals surface area (Å²) in [4.78, 5) is 30.1. The summed E-state index contributed by atoms with van der Waals surface area (Å²) in [5, 5.41) is 3.20. The van der Waals surface area contributed by atoms with Crippen molar-refractivity contribution >= 4 is 46.3 Å². The number of carbonyl (C=O) groups excluding carboxylic acids is 1. The molecule has 7 nitrogen and oxygen atoms in total. The first-order valence-corrected chi connectivity index (χ1v) is 16.4. The fraction of sp³-hybridized carbons (Fsp3) is 0.500. The normalized spacial score (nSPS) is 22.8. The predicted molar refractivity (Wildman–Crippen MR) is 161 cm³/mol. The first kappa shape index (κ1) is 28.0. The number of aromatic nitrogens is 2. The van der Waals surface area contributed by atoms with Crippen molar-refractivity contribution in [2.45, 2.75) is 68.2 Å². The number of rotatable bonds is 6. The number of alkyl halides is 3. The lowest BCUT2D eigenvalue weighted by atomic mass is 10.1. The van der Waals surface area contributed by atoms with Gasteiger partial charge in [-0.2, -0.15) is 13.2 Å². The molecule has 0 unspecified atom stereocenters. The molecule has 2 bridgehead atoms. The van der Waals surface area contributed by atoms with E-state index in [1.54, 1.807) is 6.07 Å². The SMILES string of the molecule is CCc1cc(N2C[C@H]3CC[C@@H](C2)N3C)ccc1Nc1ncc(C(F)(F)F)c(-c2cc3c(s2)C(=O)N(C2CC2)CCS3)n1. The number of amides is 1. The number of hydrogen-bond donors (Lipinski definition) is 1. The Balaban J connectivity index is 1.19. The van der Waals surface area contributed by atoms with Gasteiger partial charge in [0.15, 0.2) is 0 Å². The third-order valence-corrected chi connectivity index (χ3v) is 11.3. The van der Waals surface area contributed by atoms with Crippen LogP contribution >= 0.6 is 23.1 Å². The highest BCUT2D eigenvalue weighted by atomic mass is 32.2. The number of halogens is 3. The van der Waals surface area contributed by atoms with E-state index in [4.69, 9.17) is 0 Å². The molecular formula is C30H33F3N6OS2. The fourth-order valence-electron chi connectivity index (χ4n) is 6.44. The summed E-state index contributed by atoms with van der Waals surface area (Å²) in [5.41, 5.74) is 1.88. The molecule has 1 N–H and O–H groups in total. The first-order valence-electron chi connectivity index (χ1n) is 14.6. The van der Waals surface area contributed by atoms with Gasteiger partial charge in [0.1, 0.15) is 10.4 Å². The number of carbonyl (C=O) groups is 1. The number of benzene rings is 1. The lowest BCUT2D eigenvalue weighted by Crippen LogP contribution is -2.52. The summed E-state index contributed by atoms with van der Waals surface area (Å²) < 4.78 is 42.4. The van der Waals surface area contributed by atoms with Crippen molar-refractivity contribution in [3.63, 3.8) is 0 Å². The maximum atomic E-state index is 14.1. The molecule has 1 saturated carbocycles. The van der Waals surface area contributed by atoms with Gasteiger partial charge in [-0.05, 0) is 69.0 Å². The second kappa shape index (κ2) is 10.7. The zero-order valence-corrected chi connectivity index (χ0v) is 25.2.